The number of aryl methyl sites for hydroxylation is 1. The summed E-state index contributed by atoms with van der Waals surface area (Å²) in [5.74, 6) is 0.434. The van der Waals surface area contributed by atoms with Crippen LogP contribution in [0, 0.1) is 17.0 Å². The monoisotopic (exact) mass is 546 g/mol. The number of hydrogen-bond acceptors (Lipinski definition) is 6. The number of benzene rings is 3. The molecule has 1 N–H and O–H groups in total. The molecule has 0 atom stereocenters. The lowest BCUT2D eigenvalue weighted by molar-refractivity contribution is -0.384. The third kappa shape index (κ3) is 6.25. The number of halogens is 3. The highest BCUT2D eigenvalue weighted by Gasteiger charge is 2.16. The molecule has 0 aliphatic heterocycles. The molecule has 0 spiro atoms. The smallest absolute Gasteiger partial charge is 0.276 e. The van der Waals surface area contributed by atoms with Crippen molar-refractivity contribution >= 4 is 52.1 Å². The molecule has 1 heterocycles. The molecule has 0 saturated carbocycles. The zero-order valence-corrected chi connectivity index (χ0v) is 20.8. The van der Waals surface area contributed by atoms with Crippen molar-refractivity contribution in [3.05, 3.63) is 103 Å². The number of anilines is 1. The lowest BCUT2D eigenvalue weighted by Gasteiger charge is -2.10. The summed E-state index contributed by atoms with van der Waals surface area (Å²) in [5.41, 5.74) is 0.759. The lowest BCUT2D eigenvalue weighted by Crippen LogP contribution is -2.14. The average Bonchev–Trinajstić information content (AvgIpc) is 3.30. The molecule has 9 nitrogen and oxygen atoms in total. The van der Waals surface area contributed by atoms with Gasteiger partial charge in [0.1, 0.15) is 17.2 Å². The van der Waals surface area contributed by atoms with Gasteiger partial charge in [-0.1, -0.05) is 34.8 Å². The summed E-state index contributed by atoms with van der Waals surface area (Å²) in [5, 5.41) is 19.6. The highest BCUT2D eigenvalue weighted by atomic mass is 35.5. The van der Waals surface area contributed by atoms with Gasteiger partial charge in [-0.05, 0) is 55.0 Å². The Morgan fingerprint density at radius 1 is 1.03 bits per heavy atom. The van der Waals surface area contributed by atoms with Crippen molar-refractivity contribution in [2.75, 3.05) is 5.32 Å². The molecule has 0 saturated heterocycles. The third-order valence-electron chi connectivity index (χ3n) is 4.84. The van der Waals surface area contributed by atoms with Crippen LogP contribution in [0.2, 0.25) is 15.1 Å². The van der Waals surface area contributed by atoms with Crippen LogP contribution in [0.1, 0.15) is 16.1 Å². The number of amides is 1. The number of ether oxygens (including phenoxy) is 2. The van der Waals surface area contributed by atoms with Gasteiger partial charge in [0, 0.05) is 28.4 Å². The second-order valence-electron chi connectivity index (χ2n) is 7.53. The minimum atomic E-state index is -0.580. The van der Waals surface area contributed by atoms with Crippen LogP contribution in [-0.4, -0.2) is 20.6 Å². The molecule has 0 aliphatic carbocycles. The van der Waals surface area contributed by atoms with E-state index in [4.69, 9.17) is 44.3 Å². The Labute approximate surface area is 220 Å². The maximum atomic E-state index is 12.7. The predicted octanol–water partition coefficient (Wildman–Crippen LogP) is 7.14. The van der Waals surface area contributed by atoms with E-state index >= 15 is 0 Å². The highest BCUT2D eigenvalue weighted by molar-refractivity contribution is 6.35. The first-order valence-electron chi connectivity index (χ1n) is 10.3. The summed E-state index contributed by atoms with van der Waals surface area (Å²) in [6, 6.07) is 15.2. The molecule has 1 amide bonds. The van der Waals surface area contributed by atoms with Crippen molar-refractivity contribution in [1.82, 2.24) is 9.78 Å². The average molecular weight is 548 g/mol. The minimum Gasteiger partial charge on any atom is -0.470 e. The SMILES string of the molecule is Cc1cc(Oc2cc(NC(=O)c3ccn(COc4ccc(Cl)cc4Cl)n3)cc([N+](=O)[O-])c2)ccc1Cl. The number of nitro groups is 1. The van der Waals surface area contributed by atoms with Crippen molar-refractivity contribution in [2.45, 2.75) is 13.7 Å². The molecule has 1 aromatic heterocycles. The summed E-state index contributed by atoms with van der Waals surface area (Å²) in [4.78, 5) is 23.6. The van der Waals surface area contributed by atoms with E-state index in [1.54, 1.807) is 42.6 Å². The van der Waals surface area contributed by atoms with Gasteiger partial charge in [0.25, 0.3) is 11.6 Å². The second-order valence-corrected chi connectivity index (χ2v) is 8.78. The summed E-state index contributed by atoms with van der Waals surface area (Å²) >= 11 is 18.0. The number of nitrogens with zero attached hydrogens (tertiary/aromatic N) is 3. The van der Waals surface area contributed by atoms with Crippen molar-refractivity contribution in [3.63, 3.8) is 0 Å². The van der Waals surface area contributed by atoms with Gasteiger partial charge in [0.15, 0.2) is 12.4 Å². The van der Waals surface area contributed by atoms with E-state index < -0.39 is 10.8 Å². The molecular weight excluding hydrogens is 531 g/mol. The highest BCUT2D eigenvalue weighted by Crippen LogP contribution is 2.32. The number of aromatic nitrogens is 2. The molecule has 4 aromatic rings. The number of nitro benzene ring substituents is 1. The Morgan fingerprint density at radius 3 is 2.56 bits per heavy atom. The zero-order valence-electron chi connectivity index (χ0n) is 18.6. The van der Waals surface area contributed by atoms with Gasteiger partial charge in [-0.3, -0.25) is 14.9 Å². The van der Waals surface area contributed by atoms with E-state index in [1.807, 2.05) is 6.92 Å². The molecule has 0 bridgehead atoms. The lowest BCUT2D eigenvalue weighted by atomic mass is 10.2. The molecule has 3 aromatic carbocycles. The molecule has 0 fully saturated rings. The van der Waals surface area contributed by atoms with Crippen LogP contribution in [0.15, 0.2) is 66.9 Å². The molecule has 184 valence electrons. The van der Waals surface area contributed by atoms with E-state index in [0.29, 0.717) is 26.6 Å². The number of nitrogens with one attached hydrogen (secondary N) is 1. The normalized spacial score (nSPS) is 10.7. The zero-order chi connectivity index (χ0) is 25.8. The Bertz CT molecular complexity index is 1460. The molecular formula is C24H17Cl3N4O5. The number of carbonyl (C=O) groups excluding carboxylic acids is 1. The largest absolute Gasteiger partial charge is 0.470 e. The van der Waals surface area contributed by atoms with Crippen molar-refractivity contribution < 1.29 is 19.2 Å². The summed E-state index contributed by atoms with van der Waals surface area (Å²) < 4.78 is 12.7. The standard InChI is InChI=1S/C24H17Cl3N4O5/c1-14-8-18(3-4-20(14)26)36-19-11-16(10-17(12-19)31(33)34)28-24(32)22-6-7-30(29-22)13-35-23-5-2-15(25)9-21(23)27/h2-12H,13H2,1H3,(H,28,32). The maximum absolute atomic E-state index is 12.7. The van der Waals surface area contributed by atoms with Gasteiger partial charge in [0.2, 0.25) is 0 Å². The summed E-state index contributed by atoms with van der Waals surface area (Å²) in [6.07, 6.45) is 1.55. The first-order chi connectivity index (χ1) is 17.2. The van der Waals surface area contributed by atoms with Gasteiger partial charge in [-0.15, -0.1) is 0 Å². The number of rotatable bonds is 8. The molecule has 0 radical (unpaired) electrons. The van der Waals surface area contributed by atoms with Gasteiger partial charge in [-0.2, -0.15) is 5.10 Å². The van der Waals surface area contributed by atoms with E-state index in [1.165, 1.54) is 28.9 Å². The molecule has 4 rings (SSSR count). The fourth-order valence-corrected chi connectivity index (χ4v) is 3.69. The topological polar surface area (TPSA) is 109 Å². The van der Waals surface area contributed by atoms with Crippen LogP contribution < -0.4 is 14.8 Å². The maximum Gasteiger partial charge on any atom is 0.276 e. The van der Waals surface area contributed by atoms with Crippen LogP contribution in [0.4, 0.5) is 11.4 Å². The molecule has 0 aliphatic rings. The van der Waals surface area contributed by atoms with Crippen LogP contribution in [0.25, 0.3) is 0 Å². The van der Waals surface area contributed by atoms with E-state index in [9.17, 15) is 14.9 Å². The predicted molar refractivity (Wildman–Crippen MR) is 137 cm³/mol. The first-order valence-corrected chi connectivity index (χ1v) is 11.5. The Morgan fingerprint density at radius 2 is 1.83 bits per heavy atom. The van der Waals surface area contributed by atoms with Gasteiger partial charge in [-0.25, -0.2) is 4.68 Å². The fraction of sp³-hybridized carbons (Fsp3) is 0.0833. The third-order valence-corrected chi connectivity index (χ3v) is 5.80. The fourth-order valence-electron chi connectivity index (χ4n) is 3.11. The summed E-state index contributed by atoms with van der Waals surface area (Å²) in [6.45, 7) is 1.80. The molecule has 36 heavy (non-hydrogen) atoms. The number of hydrogen-bond donors (Lipinski definition) is 1. The van der Waals surface area contributed by atoms with E-state index in [0.717, 1.165) is 5.56 Å². The van der Waals surface area contributed by atoms with Gasteiger partial charge in [0.05, 0.1) is 21.7 Å². The second kappa shape index (κ2) is 10.9. The summed E-state index contributed by atoms with van der Waals surface area (Å²) in [7, 11) is 0. The minimum absolute atomic E-state index is 0.00998. The van der Waals surface area contributed by atoms with Crippen LogP contribution in [-0.2, 0) is 6.73 Å². The molecule has 0 unspecified atom stereocenters. The van der Waals surface area contributed by atoms with Crippen LogP contribution in [0.3, 0.4) is 0 Å². The van der Waals surface area contributed by atoms with Crippen molar-refractivity contribution in [2.24, 2.45) is 0 Å². The Hall–Kier alpha value is -3.79. The van der Waals surface area contributed by atoms with E-state index in [-0.39, 0.29) is 29.5 Å². The van der Waals surface area contributed by atoms with Gasteiger partial charge < -0.3 is 14.8 Å². The van der Waals surface area contributed by atoms with Gasteiger partial charge >= 0.3 is 0 Å². The number of carbonyl (C=O) groups is 1. The van der Waals surface area contributed by atoms with Crippen molar-refractivity contribution in [1.29, 1.82) is 0 Å². The Balaban J connectivity index is 1.47. The van der Waals surface area contributed by atoms with Crippen LogP contribution >= 0.6 is 34.8 Å². The first kappa shape index (κ1) is 25.3. The van der Waals surface area contributed by atoms with Crippen LogP contribution in [0.5, 0.6) is 17.2 Å². The molecule has 12 heteroatoms. The Kier molecular flexibility index (Phi) is 7.64. The van der Waals surface area contributed by atoms with E-state index in [2.05, 4.69) is 10.4 Å². The van der Waals surface area contributed by atoms with Crippen molar-refractivity contribution in [3.8, 4) is 17.2 Å². The number of non-ortho nitro benzene ring substituents is 1. The quantitative estimate of drug-likeness (QED) is 0.185.